The van der Waals surface area contributed by atoms with Crippen molar-refractivity contribution >= 4 is 29.5 Å². The van der Waals surface area contributed by atoms with Gasteiger partial charge in [-0.3, -0.25) is 9.59 Å². The van der Waals surface area contributed by atoms with E-state index < -0.39 is 30.4 Å². The first-order chi connectivity index (χ1) is 13.9. The van der Waals surface area contributed by atoms with E-state index in [4.69, 9.17) is 9.47 Å². The molecule has 1 N–H and O–H groups in total. The lowest BCUT2D eigenvalue weighted by Gasteiger charge is -2.20. The van der Waals surface area contributed by atoms with Crippen molar-refractivity contribution in [3.8, 4) is 0 Å². The number of carbonyl (C=O) groups excluding carboxylic acids is 4. The maximum absolute atomic E-state index is 12.2. The van der Waals surface area contributed by atoms with Gasteiger partial charge >= 0.3 is 17.9 Å². The van der Waals surface area contributed by atoms with Crippen LogP contribution in [-0.2, 0) is 23.8 Å². The maximum atomic E-state index is 12.2. The van der Waals surface area contributed by atoms with Crippen LogP contribution >= 0.6 is 0 Å². The summed E-state index contributed by atoms with van der Waals surface area (Å²) < 4.78 is 14.5. The smallest absolute Gasteiger partial charge is 0.339 e. The summed E-state index contributed by atoms with van der Waals surface area (Å²) in [5.41, 5.74) is 0.305. The summed E-state index contributed by atoms with van der Waals surface area (Å²) in [6.07, 6.45) is 5.03. The number of hydrogen-bond acceptors (Lipinski definition) is 7. The fraction of sp³-hybridized carbons (Fsp3) is 0.524. The van der Waals surface area contributed by atoms with Gasteiger partial charge in [0.05, 0.1) is 31.0 Å². The second-order valence-corrected chi connectivity index (χ2v) is 7.59. The molecule has 1 aromatic carbocycles. The Morgan fingerprint density at radius 2 is 1.79 bits per heavy atom. The van der Waals surface area contributed by atoms with Crippen molar-refractivity contribution in [1.29, 1.82) is 0 Å². The third-order valence-electron chi connectivity index (χ3n) is 5.80. The van der Waals surface area contributed by atoms with Gasteiger partial charge in [0, 0.05) is 6.42 Å². The average Bonchev–Trinajstić information content (AvgIpc) is 3.34. The zero-order chi connectivity index (χ0) is 21.0. The summed E-state index contributed by atoms with van der Waals surface area (Å²) in [7, 11) is 2.43. The van der Waals surface area contributed by atoms with Gasteiger partial charge in [-0.1, -0.05) is 6.42 Å². The van der Waals surface area contributed by atoms with Crippen molar-refractivity contribution in [1.82, 2.24) is 0 Å². The van der Waals surface area contributed by atoms with Crippen molar-refractivity contribution in [2.45, 2.75) is 32.1 Å². The lowest BCUT2D eigenvalue weighted by molar-refractivity contribution is -0.148. The molecule has 29 heavy (non-hydrogen) atoms. The number of amides is 1. The Hall–Kier alpha value is -2.90. The highest BCUT2D eigenvalue weighted by molar-refractivity contribution is 6.04. The largest absolute Gasteiger partial charge is 0.465 e. The fourth-order valence-electron chi connectivity index (χ4n) is 4.41. The van der Waals surface area contributed by atoms with Crippen LogP contribution in [0.15, 0.2) is 18.2 Å². The molecule has 8 heteroatoms. The van der Waals surface area contributed by atoms with E-state index in [1.807, 2.05) is 0 Å². The second-order valence-electron chi connectivity index (χ2n) is 7.59. The molecule has 2 aliphatic carbocycles. The molecule has 0 unspecified atom stereocenters. The fourth-order valence-corrected chi connectivity index (χ4v) is 4.41. The number of hydrogen-bond donors (Lipinski definition) is 1. The molecule has 0 spiro atoms. The Labute approximate surface area is 168 Å². The van der Waals surface area contributed by atoms with E-state index in [0.29, 0.717) is 18.3 Å². The molecular formula is C21H25NO7. The molecule has 8 nitrogen and oxygen atoms in total. The van der Waals surface area contributed by atoms with Gasteiger partial charge < -0.3 is 19.5 Å². The Kier molecular flexibility index (Phi) is 6.51. The van der Waals surface area contributed by atoms with E-state index in [9.17, 15) is 19.2 Å². The molecule has 156 valence electrons. The monoisotopic (exact) mass is 403 g/mol. The van der Waals surface area contributed by atoms with E-state index in [0.717, 1.165) is 12.3 Å². The number of rotatable bonds is 7. The molecule has 1 amide bonds. The van der Waals surface area contributed by atoms with Crippen LogP contribution in [0, 0.1) is 17.8 Å². The lowest BCUT2D eigenvalue weighted by atomic mass is 9.86. The number of benzene rings is 1. The van der Waals surface area contributed by atoms with E-state index in [-0.39, 0.29) is 16.8 Å². The summed E-state index contributed by atoms with van der Waals surface area (Å²) in [5, 5.41) is 2.50. The Morgan fingerprint density at radius 1 is 1.03 bits per heavy atom. The van der Waals surface area contributed by atoms with Crippen LogP contribution in [0.5, 0.6) is 0 Å². The molecule has 2 bridgehead atoms. The van der Waals surface area contributed by atoms with Crippen LogP contribution in [0.4, 0.5) is 5.69 Å². The van der Waals surface area contributed by atoms with Crippen molar-refractivity contribution in [2.24, 2.45) is 17.8 Å². The highest BCUT2D eigenvalue weighted by Gasteiger charge is 2.40. The number of ether oxygens (including phenoxy) is 3. The first kappa shape index (κ1) is 20.8. The second kappa shape index (κ2) is 9.07. The van der Waals surface area contributed by atoms with Crippen LogP contribution in [0.25, 0.3) is 0 Å². The summed E-state index contributed by atoms with van der Waals surface area (Å²) >= 11 is 0. The van der Waals surface area contributed by atoms with Gasteiger partial charge in [0.1, 0.15) is 0 Å². The van der Waals surface area contributed by atoms with Crippen LogP contribution in [0.3, 0.4) is 0 Å². The SMILES string of the molecule is COC(=O)c1ccc(C(=O)OC)c(NC(=O)COC(=O)C[C@H]2C[C@@H]3CC[C@@H]2C3)c1. The van der Waals surface area contributed by atoms with E-state index in [1.165, 1.54) is 51.7 Å². The maximum Gasteiger partial charge on any atom is 0.339 e. The molecule has 0 heterocycles. The average molecular weight is 403 g/mol. The highest BCUT2D eigenvalue weighted by Crippen LogP contribution is 2.49. The van der Waals surface area contributed by atoms with Gasteiger partial charge in [-0.25, -0.2) is 9.59 Å². The standard InChI is InChI=1S/C21H25NO7/c1-27-20(25)14-5-6-16(21(26)28-2)17(9-14)22-18(23)11-29-19(24)10-15-8-12-3-4-13(15)7-12/h5-6,9,12-13,15H,3-4,7-8,10-11H2,1-2H3,(H,22,23)/t12-,13-,15-/m1/s1. The number of esters is 3. The van der Waals surface area contributed by atoms with Crippen LogP contribution in [0.1, 0.15) is 52.8 Å². The first-order valence-corrected chi connectivity index (χ1v) is 9.67. The zero-order valence-electron chi connectivity index (χ0n) is 16.6. The zero-order valence-corrected chi connectivity index (χ0v) is 16.6. The number of anilines is 1. The molecule has 2 aliphatic rings. The molecule has 0 saturated heterocycles. The van der Waals surface area contributed by atoms with Gasteiger partial charge in [0.2, 0.25) is 0 Å². The Bertz CT molecular complexity index is 819. The molecule has 0 aliphatic heterocycles. The minimum absolute atomic E-state index is 0.0711. The summed E-state index contributed by atoms with van der Waals surface area (Å²) in [5.74, 6) is -0.608. The third-order valence-corrected chi connectivity index (χ3v) is 5.80. The Morgan fingerprint density at radius 3 is 2.41 bits per heavy atom. The molecule has 0 radical (unpaired) electrons. The highest BCUT2D eigenvalue weighted by atomic mass is 16.5. The quantitative estimate of drug-likeness (QED) is 0.551. The van der Waals surface area contributed by atoms with Crippen LogP contribution in [0.2, 0.25) is 0 Å². The van der Waals surface area contributed by atoms with Crippen LogP contribution < -0.4 is 5.32 Å². The minimum atomic E-state index is -0.676. The van der Waals surface area contributed by atoms with E-state index >= 15 is 0 Å². The lowest BCUT2D eigenvalue weighted by Crippen LogP contribution is -2.24. The molecule has 1 aromatic rings. The minimum Gasteiger partial charge on any atom is -0.465 e. The molecule has 0 aromatic heterocycles. The number of carbonyl (C=O) groups is 4. The van der Waals surface area contributed by atoms with Gasteiger partial charge in [0.15, 0.2) is 6.61 Å². The van der Waals surface area contributed by atoms with Crippen molar-refractivity contribution < 1.29 is 33.4 Å². The van der Waals surface area contributed by atoms with Crippen LogP contribution in [-0.4, -0.2) is 44.6 Å². The molecule has 2 saturated carbocycles. The Balaban J connectivity index is 1.57. The predicted molar refractivity (Wildman–Crippen MR) is 102 cm³/mol. The predicted octanol–water partition coefficient (Wildman–Crippen LogP) is 2.57. The third kappa shape index (κ3) is 4.93. The first-order valence-electron chi connectivity index (χ1n) is 9.67. The van der Waals surface area contributed by atoms with Gasteiger partial charge in [-0.05, 0) is 55.2 Å². The number of fused-ring (bicyclic) bond motifs is 2. The summed E-state index contributed by atoms with van der Waals surface area (Å²) in [4.78, 5) is 48.0. The van der Waals surface area contributed by atoms with Crippen molar-refractivity contribution in [3.05, 3.63) is 29.3 Å². The van der Waals surface area contributed by atoms with Gasteiger partial charge in [-0.15, -0.1) is 0 Å². The molecule has 3 atom stereocenters. The topological polar surface area (TPSA) is 108 Å². The molecule has 2 fully saturated rings. The molecular weight excluding hydrogens is 378 g/mol. The summed E-state index contributed by atoms with van der Waals surface area (Å²) in [6, 6.07) is 4.06. The van der Waals surface area contributed by atoms with Crippen molar-refractivity contribution in [3.63, 3.8) is 0 Å². The normalized spacial score (nSPS) is 22.1. The number of methoxy groups -OCH3 is 2. The van der Waals surface area contributed by atoms with Crippen molar-refractivity contribution in [2.75, 3.05) is 26.1 Å². The van der Waals surface area contributed by atoms with E-state index in [1.54, 1.807) is 0 Å². The van der Waals surface area contributed by atoms with Gasteiger partial charge in [-0.2, -0.15) is 0 Å². The van der Waals surface area contributed by atoms with E-state index in [2.05, 4.69) is 10.1 Å². The summed E-state index contributed by atoms with van der Waals surface area (Å²) in [6.45, 7) is -0.470. The number of nitrogens with one attached hydrogen (secondary N) is 1. The van der Waals surface area contributed by atoms with Gasteiger partial charge in [0.25, 0.3) is 5.91 Å². The molecule has 3 rings (SSSR count).